The Balaban J connectivity index is 4.37. The molecule has 0 fully saturated rings. The highest BCUT2D eigenvalue weighted by atomic mass is 14.9. The topological polar surface area (TPSA) is 12.0 Å². The van der Waals surface area contributed by atoms with Gasteiger partial charge in [0.15, 0.2) is 0 Å². The standard InChI is InChI=1S/C11H25N/c1-9(2)8-10(3,4)11(5,6)12-7/h9,12H,8H2,1-7H3. The lowest BCUT2D eigenvalue weighted by molar-refractivity contribution is 0.132. The van der Waals surface area contributed by atoms with Crippen LogP contribution in [0.15, 0.2) is 0 Å². The van der Waals surface area contributed by atoms with Crippen molar-refractivity contribution in [1.82, 2.24) is 5.32 Å². The number of hydrogen-bond acceptors (Lipinski definition) is 1. The fourth-order valence-corrected chi connectivity index (χ4v) is 1.61. The minimum atomic E-state index is 0.220. The summed E-state index contributed by atoms with van der Waals surface area (Å²) in [6.07, 6.45) is 1.26. The predicted molar refractivity (Wildman–Crippen MR) is 56.4 cm³/mol. The lowest BCUT2D eigenvalue weighted by Gasteiger charge is -2.42. The van der Waals surface area contributed by atoms with Gasteiger partial charge in [0.25, 0.3) is 0 Å². The highest BCUT2D eigenvalue weighted by molar-refractivity contribution is 4.92. The zero-order valence-electron chi connectivity index (χ0n) is 9.78. The van der Waals surface area contributed by atoms with Crippen molar-refractivity contribution >= 4 is 0 Å². The summed E-state index contributed by atoms with van der Waals surface area (Å²) in [6.45, 7) is 13.8. The highest BCUT2D eigenvalue weighted by Gasteiger charge is 2.35. The highest BCUT2D eigenvalue weighted by Crippen LogP contribution is 2.36. The van der Waals surface area contributed by atoms with Crippen molar-refractivity contribution in [2.24, 2.45) is 11.3 Å². The predicted octanol–water partition coefficient (Wildman–Crippen LogP) is 3.06. The molecule has 0 rings (SSSR count). The van der Waals surface area contributed by atoms with Crippen LogP contribution in [0.2, 0.25) is 0 Å². The molecule has 0 aromatic carbocycles. The first-order valence-corrected chi connectivity index (χ1v) is 4.92. The summed E-state index contributed by atoms with van der Waals surface area (Å²) in [4.78, 5) is 0. The lowest BCUT2D eigenvalue weighted by Crippen LogP contribution is -2.50. The maximum atomic E-state index is 3.39. The molecule has 0 aromatic heterocycles. The Morgan fingerprint density at radius 2 is 1.50 bits per heavy atom. The van der Waals surface area contributed by atoms with E-state index in [-0.39, 0.29) is 5.54 Å². The first kappa shape index (κ1) is 12.0. The van der Waals surface area contributed by atoms with Gasteiger partial charge in [-0.2, -0.15) is 0 Å². The molecule has 0 atom stereocenters. The van der Waals surface area contributed by atoms with E-state index in [0.717, 1.165) is 5.92 Å². The summed E-state index contributed by atoms with van der Waals surface area (Å²) in [5, 5.41) is 3.39. The monoisotopic (exact) mass is 171 g/mol. The summed E-state index contributed by atoms with van der Waals surface area (Å²) in [5.74, 6) is 0.771. The Morgan fingerprint density at radius 3 is 1.75 bits per heavy atom. The van der Waals surface area contributed by atoms with Crippen LogP contribution in [-0.2, 0) is 0 Å². The van der Waals surface area contributed by atoms with Gasteiger partial charge in [-0.15, -0.1) is 0 Å². The van der Waals surface area contributed by atoms with Gasteiger partial charge in [0, 0.05) is 5.54 Å². The summed E-state index contributed by atoms with van der Waals surface area (Å²) in [5.41, 5.74) is 0.577. The van der Waals surface area contributed by atoms with Gasteiger partial charge in [0.2, 0.25) is 0 Å². The van der Waals surface area contributed by atoms with Crippen molar-refractivity contribution < 1.29 is 0 Å². The minimum Gasteiger partial charge on any atom is -0.314 e. The van der Waals surface area contributed by atoms with E-state index in [1.54, 1.807) is 0 Å². The number of hydrogen-bond donors (Lipinski definition) is 1. The van der Waals surface area contributed by atoms with Crippen LogP contribution in [0.5, 0.6) is 0 Å². The molecule has 12 heavy (non-hydrogen) atoms. The Labute approximate surface area is 77.9 Å². The summed E-state index contributed by atoms with van der Waals surface area (Å²) in [7, 11) is 2.04. The second kappa shape index (κ2) is 3.78. The molecule has 0 aliphatic heterocycles. The van der Waals surface area contributed by atoms with Gasteiger partial charge in [0.05, 0.1) is 0 Å². The molecule has 0 aliphatic carbocycles. The molecule has 0 heterocycles. The van der Waals surface area contributed by atoms with Crippen molar-refractivity contribution in [2.75, 3.05) is 7.05 Å². The molecule has 0 saturated carbocycles. The maximum absolute atomic E-state index is 3.39. The van der Waals surface area contributed by atoms with Crippen LogP contribution in [0.3, 0.4) is 0 Å². The molecule has 0 aliphatic rings. The first-order valence-electron chi connectivity index (χ1n) is 4.92. The maximum Gasteiger partial charge on any atom is 0.0173 e. The van der Waals surface area contributed by atoms with Crippen LogP contribution < -0.4 is 5.32 Å². The van der Waals surface area contributed by atoms with Crippen molar-refractivity contribution in [3.8, 4) is 0 Å². The van der Waals surface area contributed by atoms with Gasteiger partial charge < -0.3 is 5.32 Å². The van der Waals surface area contributed by atoms with Gasteiger partial charge in [-0.25, -0.2) is 0 Å². The molecule has 74 valence electrons. The molecule has 0 radical (unpaired) electrons. The molecule has 0 bridgehead atoms. The second-order valence-electron chi connectivity index (χ2n) is 5.36. The molecule has 0 amide bonds. The quantitative estimate of drug-likeness (QED) is 0.685. The van der Waals surface area contributed by atoms with Crippen molar-refractivity contribution in [1.29, 1.82) is 0 Å². The largest absolute Gasteiger partial charge is 0.314 e. The summed E-state index contributed by atoms with van der Waals surface area (Å²) >= 11 is 0. The van der Waals surface area contributed by atoms with Gasteiger partial charge >= 0.3 is 0 Å². The normalized spacial score (nSPS) is 14.0. The smallest absolute Gasteiger partial charge is 0.0173 e. The zero-order valence-corrected chi connectivity index (χ0v) is 9.78. The summed E-state index contributed by atoms with van der Waals surface area (Å²) in [6, 6.07) is 0. The molecule has 0 spiro atoms. The Hall–Kier alpha value is -0.0400. The molecule has 0 aromatic rings. The Kier molecular flexibility index (Phi) is 3.77. The van der Waals surface area contributed by atoms with E-state index in [2.05, 4.69) is 46.9 Å². The van der Waals surface area contributed by atoms with E-state index >= 15 is 0 Å². The molecular weight excluding hydrogens is 146 g/mol. The summed E-state index contributed by atoms with van der Waals surface area (Å²) < 4.78 is 0. The van der Waals surface area contributed by atoms with E-state index < -0.39 is 0 Å². The van der Waals surface area contributed by atoms with Crippen LogP contribution in [0.25, 0.3) is 0 Å². The van der Waals surface area contributed by atoms with Crippen LogP contribution in [0.4, 0.5) is 0 Å². The third-order valence-corrected chi connectivity index (χ3v) is 3.24. The minimum absolute atomic E-state index is 0.220. The fraction of sp³-hybridized carbons (Fsp3) is 1.00. The Bertz CT molecular complexity index is 134. The Morgan fingerprint density at radius 1 is 1.08 bits per heavy atom. The lowest BCUT2D eigenvalue weighted by atomic mass is 9.70. The molecule has 0 saturated heterocycles. The first-order chi connectivity index (χ1) is 5.23. The number of nitrogens with one attached hydrogen (secondary N) is 1. The van der Waals surface area contributed by atoms with E-state index in [9.17, 15) is 0 Å². The van der Waals surface area contributed by atoms with Crippen LogP contribution in [-0.4, -0.2) is 12.6 Å². The van der Waals surface area contributed by atoms with Gasteiger partial charge in [0.1, 0.15) is 0 Å². The molecule has 1 heteroatoms. The van der Waals surface area contributed by atoms with E-state index in [1.165, 1.54) is 6.42 Å². The van der Waals surface area contributed by atoms with Crippen LogP contribution in [0.1, 0.15) is 48.0 Å². The SMILES string of the molecule is CNC(C)(C)C(C)(C)CC(C)C. The van der Waals surface area contributed by atoms with Crippen LogP contribution >= 0.6 is 0 Å². The molecular formula is C11H25N. The zero-order chi connectivity index (χ0) is 9.99. The third-order valence-electron chi connectivity index (χ3n) is 3.24. The third kappa shape index (κ3) is 2.78. The molecule has 0 unspecified atom stereocenters. The average molecular weight is 171 g/mol. The average Bonchev–Trinajstić information content (AvgIpc) is 1.84. The van der Waals surface area contributed by atoms with Crippen molar-refractivity contribution in [2.45, 2.75) is 53.5 Å². The van der Waals surface area contributed by atoms with Gasteiger partial charge in [-0.1, -0.05) is 27.7 Å². The van der Waals surface area contributed by atoms with E-state index in [0.29, 0.717) is 5.41 Å². The van der Waals surface area contributed by atoms with E-state index in [1.807, 2.05) is 7.05 Å². The van der Waals surface area contributed by atoms with Crippen LogP contribution in [0, 0.1) is 11.3 Å². The molecule has 1 nitrogen and oxygen atoms in total. The van der Waals surface area contributed by atoms with Gasteiger partial charge in [-0.3, -0.25) is 0 Å². The van der Waals surface area contributed by atoms with E-state index in [4.69, 9.17) is 0 Å². The molecule has 1 N–H and O–H groups in total. The van der Waals surface area contributed by atoms with Crippen molar-refractivity contribution in [3.63, 3.8) is 0 Å². The van der Waals surface area contributed by atoms with Gasteiger partial charge in [-0.05, 0) is 38.6 Å². The number of rotatable bonds is 4. The van der Waals surface area contributed by atoms with Crippen molar-refractivity contribution in [3.05, 3.63) is 0 Å². The fourth-order valence-electron chi connectivity index (χ4n) is 1.61. The second-order valence-corrected chi connectivity index (χ2v) is 5.36.